The van der Waals surface area contributed by atoms with Gasteiger partial charge >= 0.3 is 12.1 Å². The Morgan fingerprint density at radius 3 is 2.58 bits per heavy atom. The number of halogens is 3. The van der Waals surface area contributed by atoms with Crippen molar-refractivity contribution in [2.45, 2.75) is 51.4 Å². The first-order valence-corrected chi connectivity index (χ1v) is 11.5. The molecule has 0 saturated heterocycles. The average molecular weight is 498 g/mol. The van der Waals surface area contributed by atoms with Crippen LogP contribution in [0.1, 0.15) is 53.3 Å². The number of alkyl halides is 3. The number of aryl methyl sites for hydroxylation is 1. The third kappa shape index (κ3) is 4.86. The first-order chi connectivity index (χ1) is 17.3. The maximum absolute atomic E-state index is 12.9. The van der Waals surface area contributed by atoms with Crippen LogP contribution in [0.15, 0.2) is 51.8 Å². The van der Waals surface area contributed by atoms with Gasteiger partial charge in [-0.05, 0) is 43.2 Å². The molecule has 5 rings (SSSR count). The molecule has 0 unspecified atom stereocenters. The maximum Gasteiger partial charge on any atom is 0.416 e. The Morgan fingerprint density at radius 1 is 1.03 bits per heavy atom. The van der Waals surface area contributed by atoms with Crippen LogP contribution in [0.3, 0.4) is 0 Å². The SMILES string of the molecule is O=C(OCc1nc(-c2ccc(C(F)(F)F)cc2)no1)c1ccc2c(=O)n3c(nc2c1)CCCCCC3. The molecular weight excluding hydrogens is 477 g/mol. The molecule has 0 N–H and O–H groups in total. The fraction of sp³-hybridized carbons (Fsp3) is 0.320. The number of fused-ring (bicyclic) bond motifs is 2. The summed E-state index contributed by atoms with van der Waals surface area (Å²) in [6.45, 7) is 0.310. The van der Waals surface area contributed by atoms with Crippen molar-refractivity contribution in [1.29, 1.82) is 0 Å². The lowest BCUT2D eigenvalue weighted by Gasteiger charge is -2.16. The van der Waals surface area contributed by atoms with E-state index >= 15 is 0 Å². The quantitative estimate of drug-likeness (QED) is 0.368. The van der Waals surface area contributed by atoms with Crippen molar-refractivity contribution < 1.29 is 27.2 Å². The summed E-state index contributed by atoms with van der Waals surface area (Å²) in [5.41, 5.74) is 0.0730. The largest absolute Gasteiger partial charge is 0.452 e. The summed E-state index contributed by atoms with van der Waals surface area (Å²) in [7, 11) is 0. The van der Waals surface area contributed by atoms with E-state index in [9.17, 15) is 22.8 Å². The van der Waals surface area contributed by atoms with E-state index in [2.05, 4.69) is 15.1 Å². The number of rotatable bonds is 4. The van der Waals surface area contributed by atoms with Crippen molar-refractivity contribution in [2.75, 3.05) is 0 Å². The minimum Gasteiger partial charge on any atom is -0.452 e. The van der Waals surface area contributed by atoms with Gasteiger partial charge in [-0.3, -0.25) is 9.36 Å². The van der Waals surface area contributed by atoms with Crippen LogP contribution in [0.5, 0.6) is 0 Å². The lowest BCUT2D eigenvalue weighted by atomic mass is 10.1. The van der Waals surface area contributed by atoms with E-state index in [0.717, 1.165) is 43.6 Å². The molecule has 36 heavy (non-hydrogen) atoms. The molecule has 0 radical (unpaired) electrons. The summed E-state index contributed by atoms with van der Waals surface area (Å²) in [6, 6.07) is 8.91. The molecule has 0 aliphatic carbocycles. The number of carbonyl (C=O) groups is 1. The summed E-state index contributed by atoms with van der Waals surface area (Å²) in [5.74, 6) is 0.109. The summed E-state index contributed by atoms with van der Waals surface area (Å²) in [6.07, 6.45) is 0.327. The van der Waals surface area contributed by atoms with Crippen LogP contribution in [0.25, 0.3) is 22.3 Å². The zero-order valence-corrected chi connectivity index (χ0v) is 19.0. The second kappa shape index (κ2) is 9.56. The topological polar surface area (TPSA) is 100 Å². The van der Waals surface area contributed by atoms with Gasteiger partial charge in [0.05, 0.1) is 22.0 Å². The van der Waals surface area contributed by atoms with Crippen LogP contribution in [-0.4, -0.2) is 25.7 Å². The van der Waals surface area contributed by atoms with Gasteiger partial charge in [-0.25, -0.2) is 9.78 Å². The van der Waals surface area contributed by atoms with Crippen LogP contribution in [0.2, 0.25) is 0 Å². The minimum atomic E-state index is -4.44. The third-order valence-corrected chi connectivity index (χ3v) is 6.07. The van der Waals surface area contributed by atoms with E-state index < -0.39 is 17.7 Å². The molecule has 0 saturated carbocycles. The molecule has 3 heterocycles. The Balaban J connectivity index is 1.29. The molecule has 11 heteroatoms. The van der Waals surface area contributed by atoms with Crippen molar-refractivity contribution in [3.63, 3.8) is 0 Å². The maximum atomic E-state index is 12.9. The predicted octanol–water partition coefficient (Wildman–Crippen LogP) is 4.94. The molecule has 0 bridgehead atoms. The van der Waals surface area contributed by atoms with Crippen LogP contribution in [0, 0.1) is 0 Å². The molecule has 2 aromatic carbocycles. The highest BCUT2D eigenvalue weighted by Crippen LogP contribution is 2.30. The van der Waals surface area contributed by atoms with Crippen molar-refractivity contribution in [1.82, 2.24) is 19.7 Å². The second-order valence-electron chi connectivity index (χ2n) is 8.54. The van der Waals surface area contributed by atoms with Crippen LogP contribution in [0.4, 0.5) is 13.2 Å². The molecule has 2 aromatic heterocycles. The number of benzene rings is 2. The van der Waals surface area contributed by atoms with Crippen LogP contribution in [-0.2, 0) is 30.5 Å². The van der Waals surface area contributed by atoms with Crippen LogP contribution < -0.4 is 5.56 Å². The molecule has 1 aliphatic rings. The van der Waals surface area contributed by atoms with E-state index in [1.54, 1.807) is 10.6 Å². The first-order valence-electron chi connectivity index (χ1n) is 11.5. The standard InChI is InChI=1S/C25H21F3N4O4/c26-25(27,28)17-9-6-15(7-10-17)22-30-21(36-31-22)14-35-24(34)16-8-11-18-19(13-16)29-20-5-3-1-2-4-12-32(20)23(18)33/h6-11,13H,1-5,12,14H2. The van der Waals surface area contributed by atoms with Crippen molar-refractivity contribution in [3.05, 3.63) is 75.7 Å². The molecule has 0 spiro atoms. The van der Waals surface area contributed by atoms with Crippen LogP contribution >= 0.6 is 0 Å². The molecule has 0 amide bonds. The number of carbonyl (C=O) groups excluding carboxylic acids is 1. The smallest absolute Gasteiger partial charge is 0.416 e. The summed E-state index contributed by atoms with van der Waals surface area (Å²) >= 11 is 0. The van der Waals surface area contributed by atoms with E-state index in [1.807, 2.05) is 0 Å². The number of hydrogen-bond donors (Lipinski definition) is 0. The van der Waals surface area contributed by atoms with E-state index in [4.69, 9.17) is 9.26 Å². The normalized spacial score (nSPS) is 14.2. The van der Waals surface area contributed by atoms with E-state index in [0.29, 0.717) is 29.4 Å². The number of hydrogen-bond acceptors (Lipinski definition) is 7. The molecule has 4 aromatic rings. The highest BCUT2D eigenvalue weighted by Gasteiger charge is 2.30. The van der Waals surface area contributed by atoms with Crippen molar-refractivity contribution in [3.8, 4) is 11.4 Å². The minimum absolute atomic E-state index is 0.0169. The zero-order valence-electron chi connectivity index (χ0n) is 19.0. The van der Waals surface area contributed by atoms with Gasteiger partial charge in [0, 0.05) is 18.5 Å². The van der Waals surface area contributed by atoms with Gasteiger partial charge in [0.15, 0.2) is 6.61 Å². The Kier molecular flexibility index (Phi) is 6.29. The van der Waals surface area contributed by atoms with Crippen molar-refractivity contribution >= 4 is 16.9 Å². The van der Waals surface area contributed by atoms with Gasteiger partial charge in [-0.15, -0.1) is 0 Å². The van der Waals surface area contributed by atoms with Gasteiger partial charge in [-0.2, -0.15) is 18.2 Å². The number of ether oxygens (including phenoxy) is 1. The number of nitrogens with zero attached hydrogens (tertiary/aromatic N) is 4. The van der Waals surface area contributed by atoms with Gasteiger partial charge in [-0.1, -0.05) is 30.1 Å². The first kappa shape index (κ1) is 23.7. The van der Waals surface area contributed by atoms with E-state index in [-0.39, 0.29) is 29.4 Å². The average Bonchev–Trinajstić information content (AvgIpc) is 3.32. The Bertz CT molecular complexity index is 1480. The second-order valence-corrected chi connectivity index (χ2v) is 8.54. The fourth-order valence-electron chi connectivity index (χ4n) is 4.17. The zero-order chi connectivity index (χ0) is 25.3. The van der Waals surface area contributed by atoms with E-state index in [1.165, 1.54) is 24.3 Å². The highest BCUT2D eigenvalue weighted by molar-refractivity contribution is 5.94. The van der Waals surface area contributed by atoms with Gasteiger partial charge in [0.25, 0.3) is 11.4 Å². The number of aromatic nitrogens is 4. The molecule has 186 valence electrons. The Hall–Kier alpha value is -4.02. The fourth-order valence-corrected chi connectivity index (χ4v) is 4.17. The molecular formula is C25H21F3N4O4. The summed E-state index contributed by atoms with van der Waals surface area (Å²) in [4.78, 5) is 34.3. The number of esters is 1. The molecule has 0 atom stereocenters. The van der Waals surface area contributed by atoms with Gasteiger partial charge < -0.3 is 9.26 Å². The lowest BCUT2D eigenvalue weighted by molar-refractivity contribution is -0.137. The highest BCUT2D eigenvalue weighted by atomic mass is 19.4. The monoisotopic (exact) mass is 498 g/mol. The Labute approximate surface area is 202 Å². The third-order valence-electron chi connectivity index (χ3n) is 6.07. The Morgan fingerprint density at radius 2 is 1.81 bits per heavy atom. The lowest BCUT2D eigenvalue weighted by Crippen LogP contribution is -2.26. The molecule has 1 aliphatic heterocycles. The summed E-state index contributed by atoms with van der Waals surface area (Å²) in [5, 5.41) is 4.17. The summed E-state index contributed by atoms with van der Waals surface area (Å²) < 4.78 is 50.2. The molecule has 8 nitrogen and oxygen atoms in total. The van der Waals surface area contributed by atoms with Gasteiger partial charge in [0.1, 0.15) is 5.82 Å². The molecule has 0 fully saturated rings. The van der Waals surface area contributed by atoms with Gasteiger partial charge in [0.2, 0.25) is 5.82 Å². The predicted molar refractivity (Wildman–Crippen MR) is 122 cm³/mol. The van der Waals surface area contributed by atoms with Crippen molar-refractivity contribution in [2.24, 2.45) is 0 Å².